The normalized spacial score (nSPS) is 9.55. The number of hydrogen-bond acceptors (Lipinski definition) is 3. The van der Waals surface area contributed by atoms with Gasteiger partial charge < -0.3 is 15.4 Å². The van der Waals surface area contributed by atoms with Gasteiger partial charge in [0.15, 0.2) is 0 Å². The third kappa shape index (κ3) is 9.39. The summed E-state index contributed by atoms with van der Waals surface area (Å²) in [5.74, 6) is 0. The standard InChI is InChI=1S/C7H16N2O2/c1-11-6-5-8-3-2-4-9-7-10/h7-8H,2-6H2,1H3,(H,9,10). The van der Waals surface area contributed by atoms with Gasteiger partial charge in [0, 0.05) is 20.2 Å². The number of ether oxygens (including phenoxy) is 1. The molecule has 0 saturated carbocycles. The molecule has 0 spiro atoms. The number of methoxy groups -OCH3 is 1. The summed E-state index contributed by atoms with van der Waals surface area (Å²) in [7, 11) is 1.68. The van der Waals surface area contributed by atoms with Crippen molar-refractivity contribution in [3.05, 3.63) is 0 Å². The molecule has 11 heavy (non-hydrogen) atoms. The first-order valence-electron chi connectivity index (χ1n) is 3.78. The number of carbonyl (C=O) groups excluding carboxylic acids is 1. The van der Waals surface area contributed by atoms with Crippen molar-refractivity contribution in [2.75, 3.05) is 33.4 Å². The fraction of sp³-hybridized carbons (Fsp3) is 0.857. The summed E-state index contributed by atoms with van der Waals surface area (Å²) in [6.45, 7) is 3.27. The minimum atomic E-state index is 0.717. The van der Waals surface area contributed by atoms with E-state index in [1.165, 1.54) is 0 Å². The van der Waals surface area contributed by atoms with Crippen LogP contribution in [0.15, 0.2) is 0 Å². The SMILES string of the molecule is COCCNCCCNC=O. The van der Waals surface area contributed by atoms with E-state index in [-0.39, 0.29) is 0 Å². The Kier molecular flexibility index (Phi) is 8.87. The van der Waals surface area contributed by atoms with Crippen LogP contribution in [-0.4, -0.2) is 39.8 Å². The van der Waals surface area contributed by atoms with E-state index in [4.69, 9.17) is 4.74 Å². The lowest BCUT2D eigenvalue weighted by molar-refractivity contribution is -0.109. The average Bonchev–Trinajstić information content (AvgIpc) is 2.03. The molecule has 2 N–H and O–H groups in total. The van der Waals surface area contributed by atoms with E-state index < -0.39 is 0 Å². The first-order chi connectivity index (χ1) is 5.41. The highest BCUT2D eigenvalue weighted by molar-refractivity contribution is 5.45. The van der Waals surface area contributed by atoms with Crippen LogP contribution in [0.25, 0.3) is 0 Å². The molecule has 1 amide bonds. The zero-order valence-electron chi connectivity index (χ0n) is 6.93. The van der Waals surface area contributed by atoms with Gasteiger partial charge in [0.1, 0.15) is 0 Å². The van der Waals surface area contributed by atoms with Crippen LogP contribution < -0.4 is 10.6 Å². The number of rotatable bonds is 8. The largest absolute Gasteiger partial charge is 0.383 e. The molecular weight excluding hydrogens is 144 g/mol. The van der Waals surface area contributed by atoms with Gasteiger partial charge in [-0.3, -0.25) is 4.79 Å². The Labute approximate surface area is 67.3 Å². The van der Waals surface area contributed by atoms with Crippen molar-refractivity contribution >= 4 is 6.41 Å². The van der Waals surface area contributed by atoms with Gasteiger partial charge >= 0.3 is 0 Å². The van der Waals surface area contributed by atoms with Crippen LogP contribution in [0.1, 0.15) is 6.42 Å². The van der Waals surface area contributed by atoms with Gasteiger partial charge in [0.2, 0.25) is 6.41 Å². The van der Waals surface area contributed by atoms with Gasteiger partial charge in [-0.05, 0) is 13.0 Å². The van der Waals surface area contributed by atoms with Crippen molar-refractivity contribution in [1.82, 2.24) is 10.6 Å². The van der Waals surface area contributed by atoms with Crippen LogP contribution in [0.4, 0.5) is 0 Å². The van der Waals surface area contributed by atoms with E-state index in [2.05, 4.69) is 10.6 Å². The topological polar surface area (TPSA) is 50.4 Å². The average molecular weight is 160 g/mol. The molecule has 4 heteroatoms. The van der Waals surface area contributed by atoms with Crippen molar-refractivity contribution in [2.24, 2.45) is 0 Å². The van der Waals surface area contributed by atoms with Crippen molar-refractivity contribution in [3.8, 4) is 0 Å². The van der Waals surface area contributed by atoms with E-state index in [0.29, 0.717) is 0 Å². The van der Waals surface area contributed by atoms with Crippen molar-refractivity contribution in [3.63, 3.8) is 0 Å². The van der Waals surface area contributed by atoms with Gasteiger partial charge in [-0.2, -0.15) is 0 Å². The molecule has 0 unspecified atom stereocenters. The maximum Gasteiger partial charge on any atom is 0.207 e. The molecule has 0 fully saturated rings. The molecule has 4 nitrogen and oxygen atoms in total. The van der Waals surface area contributed by atoms with Gasteiger partial charge in [-0.15, -0.1) is 0 Å². The Bertz CT molecular complexity index is 88.5. The van der Waals surface area contributed by atoms with E-state index in [1.54, 1.807) is 7.11 Å². The Hall–Kier alpha value is -0.610. The molecule has 0 bridgehead atoms. The lowest BCUT2D eigenvalue weighted by Gasteiger charge is -2.02. The molecule has 0 aliphatic carbocycles. The van der Waals surface area contributed by atoms with E-state index in [9.17, 15) is 4.79 Å². The summed E-state index contributed by atoms with van der Waals surface area (Å²) >= 11 is 0. The summed E-state index contributed by atoms with van der Waals surface area (Å²) in [4.78, 5) is 9.79. The first kappa shape index (κ1) is 10.4. The van der Waals surface area contributed by atoms with Crippen LogP contribution in [0, 0.1) is 0 Å². The molecule has 0 aromatic carbocycles. The second-order valence-corrected chi connectivity index (χ2v) is 2.17. The predicted octanol–water partition coefficient (Wildman–Crippen LogP) is -0.641. The van der Waals surface area contributed by atoms with Crippen LogP contribution in [0.2, 0.25) is 0 Å². The Morgan fingerprint density at radius 1 is 1.36 bits per heavy atom. The van der Waals surface area contributed by atoms with Crippen LogP contribution in [0.3, 0.4) is 0 Å². The maximum atomic E-state index is 9.79. The van der Waals surface area contributed by atoms with Crippen LogP contribution >= 0.6 is 0 Å². The Balaban J connectivity index is 2.74. The fourth-order valence-corrected chi connectivity index (χ4v) is 0.674. The zero-order valence-corrected chi connectivity index (χ0v) is 6.93. The number of hydrogen-bond donors (Lipinski definition) is 2. The summed E-state index contributed by atoms with van der Waals surface area (Å²) in [5, 5.41) is 5.75. The lowest BCUT2D eigenvalue weighted by atomic mass is 10.4. The quantitative estimate of drug-likeness (QED) is 0.367. The second-order valence-electron chi connectivity index (χ2n) is 2.17. The third-order valence-corrected chi connectivity index (χ3v) is 1.24. The molecule has 0 aromatic rings. The Morgan fingerprint density at radius 3 is 2.82 bits per heavy atom. The fourth-order valence-electron chi connectivity index (χ4n) is 0.674. The predicted molar refractivity (Wildman–Crippen MR) is 43.4 cm³/mol. The molecule has 0 saturated heterocycles. The lowest BCUT2D eigenvalue weighted by Crippen LogP contribution is -2.23. The summed E-state index contributed by atoms with van der Waals surface area (Å²) in [6, 6.07) is 0. The summed E-state index contributed by atoms with van der Waals surface area (Å²) < 4.78 is 4.84. The van der Waals surface area contributed by atoms with E-state index in [0.717, 1.165) is 39.1 Å². The molecule has 66 valence electrons. The molecule has 0 atom stereocenters. The number of nitrogens with one attached hydrogen (secondary N) is 2. The highest BCUT2D eigenvalue weighted by atomic mass is 16.5. The summed E-state index contributed by atoms with van der Waals surface area (Å²) in [6.07, 6.45) is 1.68. The van der Waals surface area contributed by atoms with E-state index >= 15 is 0 Å². The van der Waals surface area contributed by atoms with Gasteiger partial charge in [0.25, 0.3) is 0 Å². The molecule has 0 aromatic heterocycles. The van der Waals surface area contributed by atoms with Gasteiger partial charge in [0.05, 0.1) is 6.61 Å². The van der Waals surface area contributed by atoms with Crippen LogP contribution in [-0.2, 0) is 9.53 Å². The van der Waals surface area contributed by atoms with Gasteiger partial charge in [-0.1, -0.05) is 0 Å². The van der Waals surface area contributed by atoms with E-state index in [1.807, 2.05) is 0 Å². The number of amides is 1. The van der Waals surface area contributed by atoms with Crippen LogP contribution in [0.5, 0.6) is 0 Å². The molecule has 0 heterocycles. The Morgan fingerprint density at radius 2 is 2.18 bits per heavy atom. The minimum absolute atomic E-state index is 0.717. The highest BCUT2D eigenvalue weighted by Gasteiger charge is 1.86. The first-order valence-corrected chi connectivity index (χ1v) is 3.78. The van der Waals surface area contributed by atoms with Crippen molar-refractivity contribution < 1.29 is 9.53 Å². The molecular formula is C7H16N2O2. The zero-order chi connectivity index (χ0) is 8.36. The van der Waals surface area contributed by atoms with Gasteiger partial charge in [-0.25, -0.2) is 0 Å². The maximum absolute atomic E-state index is 9.79. The second kappa shape index (κ2) is 9.39. The highest BCUT2D eigenvalue weighted by Crippen LogP contribution is 1.71. The molecule has 0 aliphatic rings. The monoisotopic (exact) mass is 160 g/mol. The molecule has 0 aliphatic heterocycles. The van der Waals surface area contributed by atoms with Crippen molar-refractivity contribution in [2.45, 2.75) is 6.42 Å². The number of carbonyl (C=O) groups is 1. The molecule has 0 radical (unpaired) electrons. The smallest absolute Gasteiger partial charge is 0.207 e. The summed E-state index contributed by atoms with van der Waals surface area (Å²) in [5.41, 5.74) is 0. The third-order valence-electron chi connectivity index (χ3n) is 1.24. The minimum Gasteiger partial charge on any atom is -0.383 e. The van der Waals surface area contributed by atoms with Crippen molar-refractivity contribution in [1.29, 1.82) is 0 Å². The molecule has 0 rings (SSSR count).